The Balaban J connectivity index is 1.41. The van der Waals surface area contributed by atoms with Gasteiger partial charge in [-0.05, 0) is 63.3 Å². The van der Waals surface area contributed by atoms with Crippen molar-refractivity contribution in [2.24, 2.45) is 11.7 Å². The first-order valence-corrected chi connectivity index (χ1v) is 14.4. The van der Waals surface area contributed by atoms with Crippen LogP contribution in [-0.4, -0.2) is 89.9 Å². The van der Waals surface area contributed by atoms with Gasteiger partial charge in [0.2, 0.25) is 0 Å². The summed E-state index contributed by atoms with van der Waals surface area (Å²) in [5.41, 5.74) is 5.79. The molecule has 2 heterocycles. The van der Waals surface area contributed by atoms with Gasteiger partial charge in [0.15, 0.2) is 5.78 Å². The molecule has 8 nitrogen and oxygen atoms in total. The number of hydrogen-bond acceptors (Lipinski definition) is 8. The minimum atomic E-state index is -1.14. The molecule has 0 spiro atoms. The molecule has 0 bridgehead atoms. The van der Waals surface area contributed by atoms with Crippen LogP contribution in [0, 0.1) is 5.92 Å². The summed E-state index contributed by atoms with van der Waals surface area (Å²) < 4.78 is 11.6. The summed E-state index contributed by atoms with van der Waals surface area (Å²) in [5, 5.41) is 23.4. The Morgan fingerprint density at radius 2 is 1.77 bits per heavy atom. The lowest BCUT2D eigenvalue weighted by Crippen LogP contribution is -2.73. The third-order valence-corrected chi connectivity index (χ3v) is 8.91. The van der Waals surface area contributed by atoms with Crippen LogP contribution in [0.15, 0.2) is 54.6 Å². The Labute approximate surface area is 231 Å². The van der Waals surface area contributed by atoms with E-state index in [4.69, 9.17) is 15.2 Å². The monoisotopic (exact) mass is 537 g/mol. The minimum Gasteiger partial charge on any atom is -0.457 e. The number of carbonyl (C=O) groups is 1. The van der Waals surface area contributed by atoms with E-state index in [1.54, 1.807) is 7.11 Å². The van der Waals surface area contributed by atoms with Crippen LogP contribution >= 0.6 is 0 Å². The molecule has 4 N–H and O–H groups in total. The normalized spacial score (nSPS) is 29.6. The summed E-state index contributed by atoms with van der Waals surface area (Å²) in [7, 11) is 1.70. The maximum atomic E-state index is 12.8. The molecule has 0 aromatic heterocycles. The predicted octanol–water partition coefficient (Wildman–Crippen LogP) is 2.91. The van der Waals surface area contributed by atoms with Crippen molar-refractivity contribution in [3.63, 3.8) is 0 Å². The molecule has 0 amide bonds. The molecule has 3 unspecified atom stereocenters. The highest BCUT2D eigenvalue weighted by molar-refractivity contribution is 5.96. The summed E-state index contributed by atoms with van der Waals surface area (Å²) >= 11 is 0. The van der Waals surface area contributed by atoms with Crippen molar-refractivity contribution in [3.8, 4) is 11.5 Å². The van der Waals surface area contributed by atoms with Crippen molar-refractivity contribution in [1.82, 2.24) is 9.80 Å². The van der Waals surface area contributed by atoms with Crippen molar-refractivity contribution < 1.29 is 24.5 Å². The average Bonchev–Trinajstić information content (AvgIpc) is 3.39. The predicted molar refractivity (Wildman–Crippen MR) is 150 cm³/mol. The number of rotatable bonds is 11. The minimum absolute atomic E-state index is 0.0728. The van der Waals surface area contributed by atoms with Gasteiger partial charge in [-0.15, -0.1) is 0 Å². The number of para-hydroxylation sites is 2. The summed E-state index contributed by atoms with van der Waals surface area (Å²) in [6.45, 7) is 3.51. The fourth-order valence-electron chi connectivity index (χ4n) is 6.82. The molecule has 212 valence electrons. The zero-order chi connectivity index (χ0) is 27.4. The summed E-state index contributed by atoms with van der Waals surface area (Å²) in [4.78, 5) is 17.2. The van der Waals surface area contributed by atoms with E-state index in [-0.39, 0.29) is 29.8 Å². The molecule has 2 aliphatic heterocycles. The Morgan fingerprint density at radius 1 is 1.00 bits per heavy atom. The van der Waals surface area contributed by atoms with Crippen LogP contribution < -0.4 is 10.5 Å². The molecule has 3 aliphatic rings. The number of unbranched alkanes of at least 4 members (excludes halogenated alkanes) is 1. The zero-order valence-electron chi connectivity index (χ0n) is 23.0. The SMILES string of the molecule is COCCCC[C@@](O)(c1ccccc1Oc1ccccc1)[C@@H]1CCCN(C2C(O)C(=O)C2N2CC[C@@H](N)C2)C1. The molecular weight excluding hydrogens is 494 g/mol. The van der Waals surface area contributed by atoms with Crippen LogP contribution in [0.4, 0.5) is 0 Å². The third-order valence-electron chi connectivity index (χ3n) is 8.91. The highest BCUT2D eigenvalue weighted by Crippen LogP contribution is 2.45. The van der Waals surface area contributed by atoms with Crippen molar-refractivity contribution in [3.05, 3.63) is 60.2 Å². The van der Waals surface area contributed by atoms with Crippen molar-refractivity contribution in [2.75, 3.05) is 39.9 Å². The van der Waals surface area contributed by atoms with Gasteiger partial charge >= 0.3 is 0 Å². The number of nitrogens with zero attached hydrogens (tertiary/aromatic N) is 2. The van der Waals surface area contributed by atoms with Gasteiger partial charge in [0.05, 0.1) is 17.7 Å². The van der Waals surface area contributed by atoms with Gasteiger partial charge in [0, 0.05) is 50.9 Å². The number of hydrogen-bond donors (Lipinski definition) is 3. The summed E-state index contributed by atoms with van der Waals surface area (Å²) in [6.07, 6.45) is 3.84. The quantitative estimate of drug-likeness (QED) is 0.376. The number of carbonyl (C=O) groups excluding carboxylic acids is 1. The molecule has 2 saturated heterocycles. The van der Waals surface area contributed by atoms with Gasteiger partial charge in [-0.3, -0.25) is 14.6 Å². The Morgan fingerprint density at radius 3 is 2.51 bits per heavy atom. The standard InChI is InChI=1S/C31H43N3O5/c1-38-19-8-7-16-31(37,25-13-5-6-14-26(25)39-24-11-3-2-4-12-24)22-10-9-17-33(20-22)27-28(30(36)29(27)35)34-18-15-23(32)21-34/h2-6,11-14,22-23,27-29,35,37H,7-10,15-21,32H2,1H3/t22-,23-,27?,28?,29?,31+/m1/s1. The highest BCUT2D eigenvalue weighted by atomic mass is 16.5. The fourth-order valence-corrected chi connectivity index (χ4v) is 6.82. The molecule has 1 saturated carbocycles. The molecule has 3 fully saturated rings. The zero-order valence-corrected chi connectivity index (χ0v) is 23.0. The van der Waals surface area contributed by atoms with Gasteiger partial charge in [0.25, 0.3) is 0 Å². The number of aliphatic hydroxyl groups is 2. The number of methoxy groups -OCH3 is 1. The number of piperidine rings is 1. The van der Waals surface area contributed by atoms with Gasteiger partial charge in [0.1, 0.15) is 17.6 Å². The maximum Gasteiger partial charge on any atom is 0.181 e. The van der Waals surface area contributed by atoms with Crippen LogP contribution in [-0.2, 0) is 15.1 Å². The summed E-state index contributed by atoms with van der Waals surface area (Å²) in [6, 6.07) is 16.9. The van der Waals surface area contributed by atoms with Gasteiger partial charge in [-0.1, -0.05) is 36.4 Å². The maximum absolute atomic E-state index is 12.8. The highest BCUT2D eigenvalue weighted by Gasteiger charge is 2.56. The van der Waals surface area contributed by atoms with Crippen LogP contribution in [0.3, 0.4) is 0 Å². The van der Waals surface area contributed by atoms with Crippen molar-refractivity contribution >= 4 is 5.78 Å². The molecule has 0 radical (unpaired) electrons. The first-order chi connectivity index (χ1) is 18.9. The van der Waals surface area contributed by atoms with E-state index in [9.17, 15) is 15.0 Å². The molecule has 5 rings (SSSR count). The molecule has 8 heteroatoms. The number of benzene rings is 2. The molecule has 6 atom stereocenters. The van der Waals surface area contributed by atoms with Gasteiger partial charge in [-0.25, -0.2) is 0 Å². The second-order valence-corrected chi connectivity index (χ2v) is 11.4. The lowest BCUT2D eigenvalue weighted by Gasteiger charge is -2.53. The Kier molecular flexibility index (Phi) is 9.01. The van der Waals surface area contributed by atoms with Crippen molar-refractivity contribution in [1.29, 1.82) is 0 Å². The second-order valence-electron chi connectivity index (χ2n) is 11.4. The first kappa shape index (κ1) is 28.2. The molecule has 2 aromatic rings. The van der Waals surface area contributed by atoms with E-state index < -0.39 is 11.7 Å². The topological polar surface area (TPSA) is 108 Å². The number of nitrogens with two attached hydrogens (primary N) is 1. The van der Waals surface area contributed by atoms with Crippen molar-refractivity contribution in [2.45, 2.75) is 68.4 Å². The number of aliphatic hydroxyl groups excluding tert-OH is 1. The van der Waals surface area contributed by atoms with Crippen LogP contribution in [0.2, 0.25) is 0 Å². The third kappa shape index (κ3) is 5.92. The van der Waals surface area contributed by atoms with E-state index in [0.717, 1.165) is 56.5 Å². The molecule has 2 aromatic carbocycles. The van der Waals surface area contributed by atoms with Gasteiger partial charge in [-0.2, -0.15) is 0 Å². The Hall–Kier alpha value is -2.33. The molecule has 1 aliphatic carbocycles. The van der Waals surface area contributed by atoms with E-state index in [0.29, 0.717) is 31.9 Å². The van der Waals surface area contributed by atoms with E-state index in [1.165, 1.54) is 0 Å². The summed E-state index contributed by atoms with van der Waals surface area (Å²) in [5.74, 6) is 1.18. The van der Waals surface area contributed by atoms with E-state index >= 15 is 0 Å². The molecule has 39 heavy (non-hydrogen) atoms. The number of likely N-dealkylation sites (tertiary alicyclic amines) is 2. The van der Waals surface area contributed by atoms with E-state index in [1.807, 2.05) is 54.6 Å². The lowest BCUT2D eigenvalue weighted by atomic mass is 9.71. The largest absolute Gasteiger partial charge is 0.457 e. The average molecular weight is 538 g/mol. The molecular formula is C31H43N3O5. The second kappa shape index (κ2) is 12.5. The van der Waals surface area contributed by atoms with E-state index in [2.05, 4.69) is 9.80 Å². The van der Waals surface area contributed by atoms with Crippen LogP contribution in [0.1, 0.15) is 44.1 Å². The Bertz CT molecular complexity index is 1100. The number of ketones is 1. The fraction of sp³-hybridized carbons (Fsp3) is 0.581. The van der Waals surface area contributed by atoms with Gasteiger partial charge < -0.3 is 25.4 Å². The smallest absolute Gasteiger partial charge is 0.181 e. The number of Topliss-reactive ketones (excluding diaryl/α,β-unsaturated/α-hetero) is 1. The first-order valence-electron chi connectivity index (χ1n) is 14.4. The number of ether oxygens (including phenoxy) is 2. The van der Waals surface area contributed by atoms with Crippen LogP contribution in [0.25, 0.3) is 0 Å². The lowest BCUT2D eigenvalue weighted by molar-refractivity contribution is -0.163. The van der Waals surface area contributed by atoms with Crippen LogP contribution in [0.5, 0.6) is 11.5 Å².